The fourth-order valence-corrected chi connectivity index (χ4v) is 2.24. The molecule has 1 aromatic heterocycles. The Morgan fingerprint density at radius 2 is 2.05 bits per heavy atom. The molecule has 1 aliphatic carbocycles. The fourth-order valence-electron chi connectivity index (χ4n) is 2.24. The van der Waals surface area contributed by atoms with E-state index in [1.807, 2.05) is 0 Å². The third kappa shape index (κ3) is 4.31. The molecule has 0 aliphatic heterocycles. The zero-order valence-electron chi connectivity index (χ0n) is 12.5. The van der Waals surface area contributed by atoms with E-state index in [0.29, 0.717) is 5.69 Å². The van der Waals surface area contributed by atoms with E-state index in [-0.39, 0.29) is 11.8 Å². The summed E-state index contributed by atoms with van der Waals surface area (Å²) in [5.41, 5.74) is 0.528. The molecule has 1 atom stereocenters. The van der Waals surface area contributed by atoms with Gasteiger partial charge in [0.15, 0.2) is 6.10 Å². The summed E-state index contributed by atoms with van der Waals surface area (Å²) >= 11 is 0. The molecule has 22 heavy (non-hydrogen) atoms. The molecule has 0 bridgehead atoms. The molecule has 2 N–H and O–H groups in total. The van der Waals surface area contributed by atoms with Crippen molar-refractivity contribution in [2.45, 2.75) is 51.7 Å². The number of imide groups is 1. The van der Waals surface area contributed by atoms with Crippen LogP contribution in [0.1, 0.15) is 48.9 Å². The normalized spacial score (nSPS) is 16.1. The van der Waals surface area contributed by atoms with Gasteiger partial charge in [-0.15, -0.1) is 0 Å². The zero-order chi connectivity index (χ0) is 16.1. The molecule has 2 rings (SSSR count). The van der Waals surface area contributed by atoms with Crippen LogP contribution in [0.2, 0.25) is 0 Å². The molecule has 1 saturated carbocycles. The summed E-state index contributed by atoms with van der Waals surface area (Å²) in [6.45, 7) is 3.03. The lowest BCUT2D eigenvalue weighted by Gasteiger charge is -2.15. The van der Waals surface area contributed by atoms with Gasteiger partial charge in [0.05, 0.1) is 5.69 Å². The minimum Gasteiger partial charge on any atom is -0.447 e. The predicted octanol–water partition coefficient (Wildman–Crippen LogP) is 1.30. The molecule has 8 heteroatoms. The van der Waals surface area contributed by atoms with E-state index >= 15 is 0 Å². The maximum absolute atomic E-state index is 11.8. The smallest absolute Gasteiger partial charge is 0.377 e. The Morgan fingerprint density at radius 1 is 1.36 bits per heavy atom. The van der Waals surface area contributed by atoms with Crippen molar-refractivity contribution in [3.8, 4) is 0 Å². The van der Waals surface area contributed by atoms with Crippen molar-refractivity contribution in [1.29, 1.82) is 0 Å². The number of rotatable bonds is 4. The number of nitrogens with one attached hydrogen (secondary N) is 2. The molecule has 1 aliphatic rings. The summed E-state index contributed by atoms with van der Waals surface area (Å²) in [4.78, 5) is 35.2. The van der Waals surface area contributed by atoms with Crippen molar-refractivity contribution in [3.05, 3.63) is 17.5 Å². The minimum atomic E-state index is -1.12. The second-order valence-corrected chi connectivity index (χ2v) is 5.32. The molecule has 120 valence electrons. The van der Waals surface area contributed by atoms with Gasteiger partial charge in [0.2, 0.25) is 5.76 Å². The molecule has 0 aromatic carbocycles. The average Bonchev–Trinajstić information content (AvgIpc) is 3.10. The summed E-state index contributed by atoms with van der Waals surface area (Å²) < 4.78 is 9.66. The summed E-state index contributed by atoms with van der Waals surface area (Å²) in [6.07, 6.45) is 2.85. The Labute approximate surface area is 127 Å². The van der Waals surface area contributed by atoms with E-state index in [9.17, 15) is 14.4 Å². The van der Waals surface area contributed by atoms with Gasteiger partial charge in [-0.3, -0.25) is 10.1 Å². The quantitative estimate of drug-likeness (QED) is 0.811. The first kappa shape index (κ1) is 16.0. The van der Waals surface area contributed by atoms with Gasteiger partial charge in [-0.1, -0.05) is 18.0 Å². The van der Waals surface area contributed by atoms with Crippen LogP contribution in [0.15, 0.2) is 10.6 Å². The molecule has 0 spiro atoms. The molecular weight excluding hydrogens is 290 g/mol. The van der Waals surface area contributed by atoms with Crippen LogP contribution in [0.25, 0.3) is 0 Å². The van der Waals surface area contributed by atoms with E-state index in [1.54, 1.807) is 6.92 Å². The fraction of sp³-hybridized carbons (Fsp3) is 0.571. The van der Waals surface area contributed by atoms with Gasteiger partial charge in [0.1, 0.15) is 0 Å². The highest BCUT2D eigenvalue weighted by atomic mass is 16.6. The number of nitrogens with zero attached hydrogens (tertiary/aromatic N) is 1. The first-order valence-electron chi connectivity index (χ1n) is 7.21. The Bertz CT molecular complexity index is 563. The molecule has 0 radical (unpaired) electrons. The number of carbonyl (C=O) groups is 3. The number of hydrogen-bond acceptors (Lipinski definition) is 6. The van der Waals surface area contributed by atoms with Crippen LogP contribution in [0, 0.1) is 6.92 Å². The van der Waals surface area contributed by atoms with Crippen molar-refractivity contribution in [2.75, 3.05) is 0 Å². The van der Waals surface area contributed by atoms with Crippen LogP contribution in [0.5, 0.6) is 0 Å². The highest BCUT2D eigenvalue weighted by molar-refractivity contribution is 5.98. The van der Waals surface area contributed by atoms with Crippen LogP contribution in [0.4, 0.5) is 4.79 Å². The molecule has 8 nitrogen and oxygen atoms in total. The average molecular weight is 309 g/mol. The van der Waals surface area contributed by atoms with Gasteiger partial charge >= 0.3 is 12.0 Å². The molecular formula is C14H19N3O5. The van der Waals surface area contributed by atoms with E-state index in [1.165, 1.54) is 13.0 Å². The van der Waals surface area contributed by atoms with Crippen molar-refractivity contribution < 1.29 is 23.6 Å². The highest BCUT2D eigenvalue weighted by Gasteiger charge is 2.24. The Kier molecular flexibility index (Phi) is 5.13. The van der Waals surface area contributed by atoms with Gasteiger partial charge in [0.25, 0.3) is 5.91 Å². The Hall–Kier alpha value is -2.38. The molecule has 0 unspecified atom stereocenters. The number of urea groups is 1. The molecule has 1 fully saturated rings. The second-order valence-electron chi connectivity index (χ2n) is 5.32. The van der Waals surface area contributed by atoms with Gasteiger partial charge in [-0.2, -0.15) is 0 Å². The van der Waals surface area contributed by atoms with Crippen molar-refractivity contribution in [3.63, 3.8) is 0 Å². The number of esters is 1. The lowest BCUT2D eigenvalue weighted by Crippen LogP contribution is -2.47. The van der Waals surface area contributed by atoms with E-state index in [4.69, 9.17) is 9.26 Å². The third-order valence-corrected chi connectivity index (χ3v) is 3.41. The maximum atomic E-state index is 11.8. The predicted molar refractivity (Wildman–Crippen MR) is 75.0 cm³/mol. The number of ether oxygens (including phenoxy) is 1. The van der Waals surface area contributed by atoms with Crippen LogP contribution < -0.4 is 10.6 Å². The maximum Gasteiger partial charge on any atom is 0.377 e. The topological polar surface area (TPSA) is 111 Å². The van der Waals surface area contributed by atoms with Crippen molar-refractivity contribution in [1.82, 2.24) is 15.8 Å². The summed E-state index contributed by atoms with van der Waals surface area (Å²) in [5.74, 6) is -1.59. The van der Waals surface area contributed by atoms with Gasteiger partial charge in [-0.25, -0.2) is 9.59 Å². The number of aromatic nitrogens is 1. The Balaban J connectivity index is 1.78. The van der Waals surface area contributed by atoms with Crippen LogP contribution >= 0.6 is 0 Å². The number of aryl methyl sites for hydroxylation is 1. The molecule has 3 amide bonds. The highest BCUT2D eigenvalue weighted by Crippen LogP contribution is 2.17. The van der Waals surface area contributed by atoms with Crippen molar-refractivity contribution in [2.24, 2.45) is 0 Å². The van der Waals surface area contributed by atoms with Gasteiger partial charge < -0.3 is 14.6 Å². The molecule has 0 saturated heterocycles. The lowest BCUT2D eigenvalue weighted by molar-refractivity contribution is -0.128. The summed E-state index contributed by atoms with van der Waals surface area (Å²) in [6, 6.07) is 0.929. The van der Waals surface area contributed by atoms with E-state index in [0.717, 1.165) is 25.7 Å². The second kappa shape index (κ2) is 7.06. The Morgan fingerprint density at radius 3 is 2.64 bits per heavy atom. The summed E-state index contributed by atoms with van der Waals surface area (Å²) in [5, 5.41) is 8.42. The van der Waals surface area contributed by atoms with E-state index in [2.05, 4.69) is 15.8 Å². The monoisotopic (exact) mass is 309 g/mol. The largest absolute Gasteiger partial charge is 0.447 e. The third-order valence-electron chi connectivity index (χ3n) is 3.41. The van der Waals surface area contributed by atoms with Gasteiger partial charge in [-0.05, 0) is 26.7 Å². The SMILES string of the molecule is Cc1cc(C(=O)O[C@@H](C)C(=O)NC(=O)NC2CCCC2)on1. The molecule has 1 aromatic rings. The first-order chi connectivity index (χ1) is 10.5. The van der Waals surface area contributed by atoms with Crippen molar-refractivity contribution >= 4 is 17.9 Å². The number of carbonyl (C=O) groups excluding carboxylic acids is 3. The number of hydrogen-bond donors (Lipinski definition) is 2. The molecule has 1 heterocycles. The minimum absolute atomic E-state index is 0.0902. The first-order valence-corrected chi connectivity index (χ1v) is 7.21. The van der Waals surface area contributed by atoms with Gasteiger partial charge in [0, 0.05) is 12.1 Å². The number of amides is 3. The van der Waals surface area contributed by atoms with Crippen LogP contribution in [0.3, 0.4) is 0 Å². The van der Waals surface area contributed by atoms with E-state index < -0.39 is 24.0 Å². The lowest BCUT2D eigenvalue weighted by atomic mass is 10.2. The zero-order valence-corrected chi connectivity index (χ0v) is 12.5. The van der Waals surface area contributed by atoms with Crippen LogP contribution in [-0.4, -0.2) is 35.2 Å². The van der Waals surface area contributed by atoms with Crippen LogP contribution in [-0.2, 0) is 9.53 Å². The standard InChI is InChI=1S/C14H19N3O5/c1-8-7-11(22-17-8)13(19)21-9(2)12(18)16-14(20)15-10-5-3-4-6-10/h7,9-10H,3-6H2,1-2H3,(H2,15,16,18,20)/t9-/m0/s1. The summed E-state index contributed by atoms with van der Waals surface area (Å²) in [7, 11) is 0.